The summed E-state index contributed by atoms with van der Waals surface area (Å²) in [5, 5.41) is 3.05. The molecule has 0 heterocycles. The van der Waals surface area contributed by atoms with E-state index in [-0.39, 0.29) is 17.2 Å². The van der Waals surface area contributed by atoms with Gasteiger partial charge in [0.1, 0.15) is 0 Å². The number of rotatable bonds is 3. The minimum absolute atomic E-state index is 0.0332. The Labute approximate surface area is 112 Å². The molecule has 1 N–H and O–H groups in total. The second-order valence-electron chi connectivity index (χ2n) is 6.75. The maximum absolute atomic E-state index is 11.8. The van der Waals surface area contributed by atoms with Crippen LogP contribution in [0.1, 0.15) is 54.4 Å². The van der Waals surface area contributed by atoms with Gasteiger partial charge >= 0.3 is 0 Å². The highest BCUT2D eigenvalue weighted by molar-refractivity contribution is 5.79. The molecule has 2 nitrogen and oxygen atoms in total. The lowest BCUT2D eigenvalue weighted by Gasteiger charge is -2.27. The molecule has 0 unspecified atom stereocenters. The standard InChI is InChI=1S/C16H27NO/c1-11(2)13-7-8-14(10-16(5,6)9-13)17-15(18)12(3)4/h7-8,11-12H,9-10H2,1-6H3,(H,17,18). The van der Waals surface area contributed by atoms with E-state index >= 15 is 0 Å². The SMILES string of the molecule is CC(C)C(=O)NC1=CC=C(C(C)C)CC(C)(C)C1. The Morgan fingerprint density at radius 2 is 1.78 bits per heavy atom. The molecule has 0 atom stereocenters. The minimum atomic E-state index is 0.0332. The summed E-state index contributed by atoms with van der Waals surface area (Å²) >= 11 is 0. The highest BCUT2D eigenvalue weighted by Crippen LogP contribution is 2.36. The summed E-state index contributed by atoms with van der Waals surface area (Å²) in [4.78, 5) is 11.8. The van der Waals surface area contributed by atoms with Crippen molar-refractivity contribution in [2.24, 2.45) is 17.3 Å². The first-order valence-electron chi connectivity index (χ1n) is 6.92. The smallest absolute Gasteiger partial charge is 0.226 e. The molecule has 1 aliphatic rings. The van der Waals surface area contributed by atoms with Crippen molar-refractivity contribution in [1.29, 1.82) is 0 Å². The molecular weight excluding hydrogens is 222 g/mol. The molecule has 0 aromatic carbocycles. The molecule has 2 heteroatoms. The number of carbonyl (C=O) groups is 1. The predicted molar refractivity (Wildman–Crippen MR) is 77.0 cm³/mol. The number of carbonyl (C=O) groups excluding carboxylic acids is 1. The molecule has 0 spiro atoms. The Kier molecular flexibility index (Phi) is 4.78. The van der Waals surface area contributed by atoms with Crippen molar-refractivity contribution in [3.05, 3.63) is 23.4 Å². The minimum Gasteiger partial charge on any atom is -0.330 e. The summed E-state index contributed by atoms with van der Waals surface area (Å²) in [6.07, 6.45) is 6.31. The van der Waals surface area contributed by atoms with Crippen LogP contribution in [0.25, 0.3) is 0 Å². The van der Waals surface area contributed by atoms with E-state index in [1.807, 2.05) is 13.8 Å². The van der Waals surface area contributed by atoms with Gasteiger partial charge in [-0.2, -0.15) is 0 Å². The second-order valence-corrected chi connectivity index (χ2v) is 6.75. The monoisotopic (exact) mass is 249 g/mol. The third-order valence-corrected chi connectivity index (χ3v) is 3.40. The first-order chi connectivity index (χ1) is 8.21. The number of allylic oxidation sites excluding steroid dienone is 4. The van der Waals surface area contributed by atoms with Crippen molar-refractivity contribution < 1.29 is 4.79 Å². The Hall–Kier alpha value is -1.05. The van der Waals surface area contributed by atoms with E-state index in [9.17, 15) is 4.79 Å². The molecule has 0 bridgehead atoms. The Morgan fingerprint density at radius 3 is 2.28 bits per heavy atom. The molecule has 0 aliphatic heterocycles. The van der Waals surface area contributed by atoms with E-state index in [0.29, 0.717) is 5.92 Å². The van der Waals surface area contributed by atoms with Gasteiger partial charge in [-0.1, -0.05) is 53.2 Å². The first-order valence-corrected chi connectivity index (χ1v) is 6.92. The van der Waals surface area contributed by atoms with Crippen molar-refractivity contribution in [2.75, 3.05) is 0 Å². The average molecular weight is 249 g/mol. The van der Waals surface area contributed by atoms with Gasteiger partial charge < -0.3 is 5.32 Å². The lowest BCUT2D eigenvalue weighted by Crippen LogP contribution is -2.29. The van der Waals surface area contributed by atoms with Crippen molar-refractivity contribution in [3.8, 4) is 0 Å². The molecular formula is C16H27NO. The van der Waals surface area contributed by atoms with Crippen LogP contribution in [-0.2, 0) is 4.79 Å². The predicted octanol–water partition coefficient (Wildman–Crippen LogP) is 4.04. The van der Waals surface area contributed by atoms with Crippen LogP contribution in [-0.4, -0.2) is 5.91 Å². The number of nitrogens with one attached hydrogen (secondary N) is 1. The second kappa shape index (κ2) is 5.73. The zero-order chi connectivity index (χ0) is 13.9. The topological polar surface area (TPSA) is 29.1 Å². The number of hydrogen-bond donors (Lipinski definition) is 1. The number of hydrogen-bond acceptors (Lipinski definition) is 1. The summed E-state index contributed by atoms with van der Waals surface area (Å²) in [6, 6.07) is 0. The maximum atomic E-state index is 11.8. The quantitative estimate of drug-likeness (QED) is 0.803. The van der Waals surface area contributed by atoms with Crippen molar-refractivity contribution in [2.45, 2.75) is 54.4 Å². The van der Waals surface area contributed by atoms with Gasteiger partial charge in [0.25, 0.3) is 0 Å². The van der Waals surface area contributed by atoms with Crippen LogP contribution in [0.2, 0.25) is 0 Å². The van der Waals surface area contributed by atoms with Gasteiger partial charge in [0.15, 0.2) is 0 Å². The lowest BCUT2D eigenvalue weighted by molar-refractivity contribution is -0.123. The van der Waals surface area contributed by atoms with Crippen LogP contribution < -0.4 is 5.32 Å². The normalized spacial score (nSPS) is 19.3. The molecule has 102 valence electrons. The summed E-state index contributed by atoms with van der Waals surface area (Å²) < 4.78 is 0. The fraction of sp³-hybridized carbons (Fsp3) is 0.688. The van der Waals surface area contributed by atoms with Crippen LogP contribution in [0, 0.1) is 17.3 Å². The van der Waals surface area contributed by atoms with Gasteiger partial charge in [0, 0.05) is 11.6 Å². The van der Waals surface area contributed by atoms with E-state index in [1.54, 1.807) is 0 Å². The molecule has 0 saturated heterocycles. The third kappa shape index (κ3) is 4.32. The zero-order valence-electron chi connectivity index (χ0n) is 12.6. The van der Waals surface area contributed by atoms with E-state index in [1.165, 1.54) is 5.57 Å². The molecule has 1 aliphatic carbocycles. The summed E-state index contributed by atoms with van der Waals surface area (Å²) in [6.45, 7) is 12.8. The summed E-state index contributed by atoms with van der Waals surface area (Å²) in [7, 11) is 0. The maximum Gasteiger partial charge on any atom is 0.226 e. The molecule has 1 amide bonds. The molecule has 18 heavy (non-hydrogen) atoms. The molecule has 0 radical (unpaired) electrons. The van der Waals surface area contributed by atoms with Crippen LogP contribution in [0.3, 0.4) is 0 Å². The average Bonchev–Trinajstić information content (AvgIpc) is 2.36. The lowest BCUT2D eigenvalue weighted by atomic mass is 9.80. The van der Waals surface area contributed by atoms with Gasteiger partial charge in [-0.25, -0.2) is 0 Å². The van der Waals surface area contributed by atoms with Gasteiger partial charge in [0.2, 0.25) is 5.91 Å². The van der Waals surface area contributed by atoms with Gasteiger partial charge in [-0.15, -0.1) is 0 Å². The van der Waals surface area contributed by atoms with E-state index in [2.05, 4.69) is 45.2 Å². The largest absolute Gasteiger partial charge is 0.330 e. The van der Waals surface area contributed by atoms with Crippen molar-refractivity contribution in [3.63, 3.8) is 0 Å². The van der Waals surface area contributed by atoms with Crippen molar-refractivity contribution >= 4 is 5.91 Å². The van der Waals surface area contributed by atoms with Gasteiger partial charge in [-0.3, -0.25) is 4.79 Å². The summed E-state index contributed by atoms with van der Waals surface area (Å²) in [5.41, 5.74) is 2.73. The van der Waals surface area contributed by atoms with E-state index < -0.39 is 0 Å². The molecule has 1 rings (SSSR count). The van der Waals surface area contributed by atoms with Gasteiger partial charge in [0.05, 0.1) is 0 Å². The molecule has 0 fully saturated rings. The van der Waals surface area contributed by atoms with Crippen LogP contribution >= 0.6 is 0 Å². The van der Waals surface area contributed by atoms with Crippen LogP contribution in [0.4, 0.5) is 0 Å². The Bertz CT molecular complexity index is 373. The fourth-order valence-corrected chi connectivity index (χ4v) is 2.24. The van der Waals surface area contributed by atoms with Crippen LogP contribution in [0.5, 0.6) is 0 Å². The van der Waals surface area contributed by atoms with E-state index in [0.717, 1.165) is 18.5 Å². The van der Waals surface area contributed by atoms with Crippen LogP contribution in [0.15, 0.2) is 23.4 Å². The third-order valence-electron chi connectivity index (χ3n) is 3.40. The fourth-order valence-electron chi connectivity index (χ4n) is 2.24. The van der Waals surface area contributed by atoms with Gasteiger partial charge in [-0.05, 0) is 30.3 Å². The number of amides is 1. The Balaban J connectivity index is 2.88. The highest BCUT2D eigenvalue weighted by Gasteiger charge is 2.25. The first kappa shape index (κ1) is 15.0. The highest BCUT2D eigenvalue weighted by atomic mass is 16.1. The summed E-state index contributed by atoms with van der Waals surface area (Å²) in [5.74, 6) is 0.713. The molecule has 0 aromatic rings. The van der Waals surface area contributed by atoms with Crippen molar-refractivity contribution in [1.82, 2.24) is 5.32 Å². The molecule has 0 saturated carbocycles. The van der Waals surface area contributed by atoms with E-state index in [4.69, 9.17) is 0 Å². The Morgan fingerprint density at radius 1 is 1.17 bits per heavy atom. The zero-order valence-corrected chi connectivity index (χ0v) is 12.6. The molecule has 0 aromatic heterocycles.